The fraction of sp³-hybridized carbons (Fsp3) is 0.167. The number of fused-ring (bicyclic) bond motifs is 1. The van der Waals surface area contributed by atoms with Crippen molar-refractivity contribution in [1.82, 2.24) is 4.98 Å². The van der Waals surface area contributed by atoms with Gasteiger partial charge in [-0.2, -0.15) is 10.2 Å². The number of rotatable bonds is 0. The Balaban J connectivity index is 2.58. The van der Waals surface area contributed by atoms with E-state index in [2.05, 4.69) is 15.2 Å². The van der Waals surface area contributed by atoms with Crippen LogP contribution in [-0.4, -0.2) is 4.98 Å². The summed E-state index contributed by atoms with van der Waals surface area (Å²) in [5, 5.41) is 7.95. The number of aromatic nitrogens is 1. The standard InChI is InChI=1S/C6H5ClN4/c7-4-2-1-3-5(9-4)6(8)11-10-3/h1-2,6H,8H2. The molecule has 56 valence electrons. The van der Waals surface area contributed by atoms with Crippen molar-refractivity contribution >= 4 is 17.3 Å². The monoisotopic (exact) mass is 168 g/mol. The summed E-state index contributed by atoms with van der Waals surface area (Å²) in [6.07, 6.45) is -0.441. The third-order valence-corrected chi connectivity index (χ3v) is 1.65. The van der Waals surface area contributed by atoms with Gasteiger partial charge in [-0.3, -0.25) is 0 Å². The number of halogens is 1. The SMILES string of the molecule is NC1N=Nc2ccc(Cl)nc21. The highest BCUT2D eigenvalue weighted by Gasteiger charge is 2.17. The highest BCUT2D eigenvalue weighted by molar-refractivity contribution is 6.29. The molecular formula is C6H5ClN4. The molecule has 1 atom stereocenters. The molecule has 1 aliphatic heterocycles. The van der Waals surface area contributed by atoms with Crippen LogP contribution in [0.25, 0.3) is 0 Å². The van der Waals surface area contributed by atoms with Gasteiger partial charge >= 0.3 is 0 Å². The molecule has 11 heavy (non-hydrogen) atoms. The molecule has 0 aliphatic carbocycles. The van der Waals surface area contributed by atoms with E-state index in [-0.39, 0.29) is 0 Å². The lowest BCUT2D eigenvalue weighted by Crippen LogP contribution is -2.05. The van der Waals surface area contributed by atoms with Crippen LogP contribution in [0.2, 0.25) is 5.15 Å². The Bertz CT molecular complexity index is 322. The average molecular weight is 169 g/mol. The lowest BCUT2D eigenvalue weighted by atomic mass is 10.3. The number of nitrogens with two attached hydrogens (primary N) is 1. The van der Waals surface area contributed by atoms with Gasteiger partial charge in [0, 0.05) is 0 Å². The van der Waals surface area contributed by atoms with E-state index in [4.69, 9.17) is 17.3 Å². The molecule has 1 aliphatic rings. The molecule has 0 aromatic carbocycles. The smallest absolute Gasteiger partial charge is 0.163 e. The molecule has 0 bridgehead atoms. The van der Waals surface area contributed by atoms with Crippen molar-refractivity contribution < 1.29 is 0 Å². The van der Waals surface area contributed by atoms with Crippen LogP contribution in [0.4, 0.5) is 5.69 Å². The zero-order valence-electron chi connectivity index (χ0n) is 5.53. The quantitative estimate of drug-likeness (QED) is 0.601. The first-order chi connectivity index (χ1) is 5.27. The van der Waals surface area contributed by atoms with Crippen molar-refractivity contribution in [3.8, 4) is 0 Å². The Morgan fingerprint density at radius 1 is 1.45 bits per heavy atom. The molecule has 0 spiro atoms. The first kappa shape index (κ1) is 6.69. The van der Waals surface area contributed by atoms with Crippen LogP contribution >= 0.6 is 11.6 Å². The van der Waals surface area contributed by atoms with Crippen LogP contribution in [0.15, 0.2) is 22.4 Å². The van der Waals surface area contributed by atoms with Crippen molar-refractivity contribution in [2.24, 2.45) is 16.0 Å². The molecule has 2 rings (SSSR count). The Morgan fingerprint density at radius 3 is 3.09 bits per heavy atom. The summed E-state index contributed by atoms with van der Waals surface area (Å²) in [6, 6.07) is 3.42. The van der Waals surface area contributed by atoms with Crippen molar-refractivity contribution in [2.45, 2.75) is 6.17 Å². The van der Waals surface area contributed by atoms with E-state index >= 15 is 0 Å². The Hall–Kier alpha value is -1.00. The van der Waals surface area contributed by atoms with Gasteiger partial charge in [-0.1, -0.05) is 11.6 Å². The first-order valence-electron chi connectivity index (χ1n) is 3.10. The summed E-state index contributed by atoms with van der Waals surface area (Å²) < 4.78 is 0. The topological polar surface area (TPSA) is 63.6 Å². The highest BCUT2D eigenvalue weighted by Crippen LogP contribution is 2.31. The maximum absolute atomic E-state index is 5.64. The molecule has 4 nitrogen and oxygen atoms in total. The number of nitrogens with zero attached hydrogens (tertiary/aromatic N) is 3. The largest absolute Gasteiger partial charge is 0.303 e. The Morgan fingerprint density at radius 2 is 2.27 bits per heavy atom. The van der Waals surface area contributed by atoms with Gasteiger partial charge in [0.15, 0.2) is 6.17 Å². The van der Waals surface area contributed by atoms with E-state index in [0.29, 0.717) is 16.5 Å². The van der Waals surface area contributed by atoms with Crippen LogP contribution in [0.3, 0.4) is 0 Å². The van der Waals surface area contributed by atoms with Gasteiger partial charge in [0.25, 0.3) is 0 Å². The molecule has 2 N–H and O–H groups in total. The zero-order valence-corrected chi connectivity index (χ0v) is 6.28. The molecule has 2 heterocycles. The van der Waals surface area contributed by atoms with Gasteiger partial charge < -0.3 is 5.73 Å². The van der Waals surface area contributed by atoms with Gasteiger partial charge in [-0.15, -0.1) is 0 Å². The fourth-order valence-corrected chi connectivity index (χ4v) is 1.08. The Kier molecular flexibility index (Phi) is 1.37. The predicted molar refractivity (Wildman–Crippen MR) is 40.7 cm³/mol. The molecular weight excluding hydrogens is 164 g/mol. The summed E-state index contributed by atoms with van der Waals surface area (Å²) in [5.74, 6) is 0. The highest BCUT2D eigenvalue weighted by atomic mass is 35.5. The van der Waals surface area contributed by atoms with Gasteiger partial charge in [0.1, 0.15) is 16.5 Å². The third-order valence-electron chi connectivity index (χ3n) is 1.44. The summed E-state index contributed by atoms with van der Waals surface area (Å²) in [5.41, 5.74) is 6.89. The molecule has 1 unspecified atom stereocenters. The number of azo groups is 1. The predicted octanol–water partition coefficient (Wildman–Crippen LogP) is 1.79. The van der Waals surface area contributed by atoms with Crippen LogP contribution in [0, 0.1) is 0 Å². The summed E-state index contributed by atoms with van der Waals surface area (Å²) in [7, 11) is 0. The number of pyridine rings is 1. The van der Waals surface area contributed by atoms with Crippen molar-refractivity contribution in [3.05, 3.63) is 23.0 Å². The minimum Gasteiger partial charge on any atom is -0.303 e. The van der Waals surface area contributed by atoms with Crippen molar-refractivity contribution in [1.29, 1.82) is 0 Å². The van der Waals surface area contributed by atoms with E-state index in [0.717, 1.165) is 0 Å². The van der Waals surface area contributed by atoms with Crippen LogP contribution in [0.1, 0.15) is 11.9 Å². The molecule has 0 saturated carbocycles. The van der Waals surface area contributed by atoms with E-state index in [1.165, 1.54) is 0 Å². The first-order valence-corrected chi connectivity index (χ1v) is 3.48. The lowest BCUT2D eigenvalue weighted by molar-refractivity contribution is 0.745. The maximum atomic E-state index is 5.64. The maximum Gasteiger partial charge on any atom is 0.163 e. The molecule has 0 saturated heterocycles. The van der Waals surface area contributed by atoms with Crippen LogP contribution in [0.5, 0.6) is 0 Å². The minimum atomic E-state index is -0.441. The molecule has 0 radical (unpaired) electrons. The second-order valence-electron chi connectivity index (χ2n) is 2.20. The summed E-state index contributed by atoms with van der Waals surface area (Å²) in [6.45, 7) is 0. The molecule has 5 heteroatoms. The van der Waals surface area contributed by atoms with E-state index < -0.39 is 6.17 Å². The summed E-state index contributed by atoms with van der Waals surface area (Å²) >= 11 is 5.64. The molecule has 0 amide bonds. The van der Waals surface area contributed by atoms with E-state index in [1.807, 2.05) is 0 Å². The third kappa shape index (κ3) is 1.00. The van der Waals surface area contributed by atoms with E-state index in [1.54, 1.807) is 12.1 Å². The van der Waals surface area contributed by atoms with Gasteiger partial charge in [-0.25, -0.2) is 4.98 Å². The minimum absolute atomic E-state index is 0.423. The molecule has 1 aromatic heterocycles. The van der Waals surface area contributed by atoms with Crippen molar-refractivity contribution in [2.75, 3.05) is 0 Å². The second kappa shape index (κ2) is 2.25. The fourth-order valence-electron chi connectivity index (χ4n) is 0.924. The molecule has 0 fully saturated rings. The van der Waals surface area contributed by atoms with Gasteiger partial charge in [-0.05, 0) is 12.1 Å². The zero-order chi connectivity index (χ0) is 7.84. The second-order valence-corrected chi connectivity index (χ2v) is 2.59. The van der Waals surface area contributed by atoms with Gasteiger partial charge in [0.2, 0.25) is 0 Å². The lowest BCUT2D eigenvalue weighted by Gasteiger charge is -1.98. The molecule has 1 aromatic rings. The normalized spacial score (nSPS) is 20.4. The van der Waals surface area contributed by atoms with Crippen LogP contribution < -0.4 is 5.73 Å². The van der Waals surface area contributed by atoms with Crippen LogP contribution in [-0.2, 0) is 0 Å². The Labute approximate surface area is 68.1 Å². The number of hydrogen-bond acceptors (Lipinski definition) is 4. The van der Waals surface area contributed by atoms with E-state index in [9.17, 15) is 0 Å². The average Bonchev–Trinajstić information content (AvgIpc) is 2.33. The van der Waals surface area contributed by atoms with Gasteiger partial charge in [0.05, 0.1) is 0 Å². The van der Waals surface area contributed by atoms with Crippen molar-refractivity contribution in [3.63, 3.8) is 0 Å². The summed E-state index contributed by atoms with van der Waals surface area (Å²) in [4.78, 5) is 3.99. The number of hydrogen-bond donors (Lipinski definition) is 1.